The molecule has 1 aliphatic rings. The minimum Gasteiger partial charge on any atom is -0.495 e. The second-order valence-corrected chi connectivity index (χ2v) is 13.2. The van der Waals surface area contributed by atoms with Crippen LogP contribution in [-0.4, -0.2) is 57.1 Å². The SMILES string of the molecule is COc1ccc(Cl)cc1N(CC(=O)N(Cc1cccc(Cl)c1)[C@H](Cc1ccccc1)C(=O)NC1CCCC1)S(C)(=O)=O. The van der Waals surface area contributed by atoms with Crippen molar-refractivity contribution in [3.05, 3.63) is 94.0 Å². The molecule has 0 bridgehead atoms. The molecule has 1 atom stereocenters. The molecule has 42 heavy (non-hydrogen) atoms. The van der Waals surface area contributed by atoms with Gasteiger partial charge in [0, 0.05) is 29.1 Å². The average Bonchev–Trinajstić information content (AvgIpc) is 3.46. The number of benzene rings is 3. The maximum absolute atomic E-state index is 14.3. The lowest BCUT2D eigenvalue weighted by atomic mass is 10.0. The van der Waals surface area contributed by atoms with Crippen molar-refractivity contribution < 1.29 is 22.7 Å². The number of methoxy groups -OCH3 is 1. The molecule has 4 rings (SSSR count). The van der Waals surface area contributed by atoms with Crippen LogP contribution in [0.15, 0.2) is 72.8 Å². The second kappa shape index (κ2) is 14.3. The molecule has 0 spiro atoms. The lowest BCUT2D eigenvalue weighted by Gasteiger charge is -2.34. The van der Waals surface area contributed by atoms with Gasteiger partial charge < -0.3 is 15.0 Å². The second-order valence-electron chi connectivity index (χ2n) is 10.4. The molecule has 11 heteroatoms. The Labute approximate surface area is 257 Å². The quantitative estimate of drug-likeness (QED) is 0.286. The van der Waals surface area contributed by atoms with Gasteiger partial charge in [0.2, 0.25) is 21.8 Å². The van der Waals surface area contributed by atoms with Crippen molar-refractivity contribution >= 4 is 50.7 Å². The number of anilines is 1. The zero-order valence-corrected chi connectivity index (χ0v) is 26.0. The zero-order valence-electron chi connectivity index (χ0n) is 23.6. The van der Waals surface area contributed by atoms with Gasteiger partial charge in [0.25, 0.3) is 0 Å². The maximum atomic E-state index is 14.3. The van der Waals surface area contributed by atoms with Gasteiger partial charge in [0.15, 0.2) is 0 Å². The topological polar surface area (TPSA) is 96.0 Å². The number of nitrogens with one attached hydrogen (secondary N) is 1. The van der Waals surface area contributed by atoms with Crippen LogP contribution >= 0.6 is 23.2 Å². The maximum Gasteiger partial charge on any atom is 0.244 e. The average molecular weight is 633 g/mol. The predicted octanol–water partition coefficient (Wildman–Crippen LogP) is 5.47. The van der Waals surface area contributed by atoms with E-state index in [1.54, 1.807) is 24.3 Å². The summed E-state index contributed by atoms with van der Waals surface area (Å²) in [4.78, 5) is 29.6. The minimum absolute atomic E-state index is 0.0298. The van der Waals surface area contributed by atoms with E-state index in [1.165, 1.54) is 24.1 Å². The van der Waals surface area contributed by atoms with Gasteiger partial charge >= 0.3 is 0 Å². The number of carbonyl (C=O) groups is 2. The molecule has 2 amide bonds. The van der Waals surface area contributed by atoms with Gasteiger partial charge in [-0.15, -0.1) is 0 Å². The van der Waals surface area contributed by atoms with Crippen LogP contribution in [0.3, 0.4) is 0 Å². The number of rotatable bonds is 12. The first kappa shape index (κ1) is 31.7. The van der Waals surface area contributed by atoms with E-state index < -0.39 is 28.5 Å². The number of ether oxygens (including phenoxy) is 1. The van der Waals surface area contributed by atoms with Crippen molar-refractivity contribution in [2.24, 2.45) is 0 Å². The fourth-order valence-electron chi connectivity index (χ4n) is 5.21. The van der Waals surface area contributed by atoms with E-state index in [1.807, 2.05) is 36.4 Å². The highest BCUT2D eigenvalue weighted by Gasteiger charge is 2.35. The minimum atomic E-state index is -3.97. The molecule has 0 aliphatic heterocycles. The van der Waals surface area contributed by atoms with Crippen LogP contribution in [0.4, 0.5) is 5.69 Å². The molecule has 3 aromatic rings. The Morgan fingerprint density at radius 1 is 0.952 bits per heavy atom. The molecule has 8 nitrogen and oxygen atoms in total. The molecule has 0 aromatic heterocycles. The van der Waals surface area contributed by atoms with E-state index in [0.717, 1.165) is 41.8 Å². The number of nitrogens with zero attached hydrogens (tertiary/aromatic N) is 2. The third kappa shape index (κ3) is 8.40. The number of sulfonamides is 1. The Hall–Kier alpha value is -3.27. The molecule has 3 aromatic carbocycles. The van der Waals surface area contributed by atoms with Gasteiger partial charge in [-0.1, -0.05) is 78.5 Å². The van der Waals surface area contributed by atoms with Crippen molar-refractivity contribution in [3.63, 3.8) is 0 Å². The largest absolute Gasteiger partial charge is 0.495 e. The third-order valence-electron chi connectivity index (χ3n) is 7.30. The summed E-state index contributed by atoms with van der Waals surface area (Å²) >= 11 is 12.5. The Bertz CT molecular complexity index is 1500. The standard InChI is InChI=1S/C31H35Cl2N3O5S/c1-41-29-16-15-25(33)19-27(29)36(42(2,39)40)21-30(37)35(20-23-11-8-12-24(32)17-23)28(18-22-9-4-3-5-10-22)31(38)34-26-13-6-7-14-26/h3-5,8-12,15-17,19,26,28H,6-7,13-14,18,20-21H2,1-2H3,(H,34,38)/t28-/m1/s1. The van der Waals surface area contributed by atoms with E-state index >= 15 is 0 Å². The van der Waals surface area contributed by atoms with Crippen LogP contribution in [0.1, 0.15) is 36.8 Å². The summed E-state index contributed by atoms with van der Waals surface area (Å²) in [5.41, 5.74) is 1.69. The van der Waals surface area contributed by atoms with E-state index in [2.05, 4.69) is 5.32 Å². The summed E-state index contributed by atoms with van der Waals surface area (Å²) < 4.78 is 32.5. The summed E-state index contributed by atoms with van der Waals surface area (Å²) in [7, 11) is -2.57. The number of hydrogen-bond donors (Lipinski definition) is 1. The van der Waals surface area contributed by atoms with Gasteiger partial charge in [0.05, 0.1) is 19.1 Å². The molecule has 1 N–H and O–H groups in total. The Morgan fingerprint density at radius 3 is 2.26 bits per heavy atom. The van der Waals surface area contributed by atoms with Crippen LogP contribution in [0.2, 0.25) is 10.0 Å². The monoisotopic (exact) mass is 631 g/mol. The van der Waals surface area contributed by atoms with Crippen molar-refractivity contribution in [2.75, 3.05) is 24.2 Å². The lowest BCUT2D eigenvalue weighted by molar-refractivity contribution is -0.140. The van der Waals surface area contributed by atoms with Gasteiger partial charge in [-0.25, -0.2) is 8.42 Å². The van der Waals surface area contributed by atoms with E-state index in [0.29, 0.717) is 10.6 Å². The van der Waals surface area contributed by atoms with Gasteiger partial charge in [-0.3, -0.25) is 13.9 Å². The number of amides is 2. The summed E-state index contributed by atoms with van der Waals surface area (Å²) in [6.07, 6.45) is 5.07. The fourth-order valence-corrected chi connectivity index (χ4v) is 6.43. The van der Waals surface area contributed by atoms with Gasteiger partial charge in [-0.05, 0) is 54.3 Å². The van der Waals surface area contributed by atoms with Gasteiger partial charge in [0.1, 0.15) is 18.3 Å². The molecular formula is C31H35Cl2N3O5S. The normalized spacial score (nSPS) is 14.3. The highest BCUT2D eigenvalue weighted by Crippen LogP contribution is 2.33. The molecule has 0 heterocycles. The van der Waals surface area contributed by atoms with E-state index in [-0.39, 0.29) is 41.4 Å². The number of hydrogen-bond acceptors (Lipinski definition) is 5. The van der Waals surface area contributed by atoms with Crippen molar-refractivity contribution in [3.8, 4) is 5.75 Å². The van der Waals surface area contributed by atoms with E-state index in [9.17, 15) is 18.0 Å². The van der Waals surface area contributed by atoms with Crippen LogP contribution in [0.5, 0.6) is 5.75 Å². The van der Waals surface area contributed by atoms with Crippen LogP contribution < -0.4 is 14.4 Å². The summed E-state index contributed by atoms with van der Waals surface area (Å²) in [5.74, 6) is -0.615. The summed E-state index contributed by atoms with van der Waals surface area (Å²) in [5, 5.41) is 3.91. The fraction of sp³-hybridized carbons (Fsp3) is 0.355. The first-order valence-electron chi connectivity index (χ1n) is 13.7. The zero-order chi connectivity index (χ0) is 30.3. The van der Waals surface area contributed by atoms with Crippen molar-refractivity contribution in [1.82, 2.24) is 10.2 Å². The summed E-state index contributed by atoms with van der Waals surface area (Å²) in [6.45, 7) is -0.530. The molecular weight excluding hydrogens is 597 g/mol. The first-order chi connectivity index (χ1) is 20.0. The van der Waals surface area contributed by atoms with Crippen LogP contribution in [0, 0.1) is 0 Å². The molecule has 224 valence electrons. The summed E-state index contributed by atoms with van der Waals surface area (Å²) in [6, 6.07) is 20.1. The lowest BCUT2D eigenvalue weighted by Crippen LogP contribution is -2.54. The number of carbonyl (C=O) groups excluding carboxylic acids is 2. The first-order valence-corrected chi connectivity index (χ1v) is 16.3. The molecule has 0 radical (unpaired) electrons. The van der Waals surface area contributed by atoms with Gasteiger partial charge in [-0.2, -0.15) is 0 Å². The Kier molecular flexibility index (Phi) is 10.8. The van der Waals surface area contributed by atoms with Crippen molar-refractivity contribution in [2.45, 2.75) is 50.7 Å². The molecule has 0 saturated heterocycles. The Morgan fingerprint density at radius 2 is 1.62 bits per heavy atom. The Balaban J connectivity index is 1.76. The highest BCUT2D eigenvalue weighted by molar-refractivity contribution is 7.92. The predicted molar refractivity (Wildman–Crippen MR) is 167 cm³/mol. The third-order valence-corrected chi connectivity index (χ3v) is 8.90. The number of halogens is 2. The van der Waals surface area contributed by atoms with Crippen LogP contribution in [0.25, 0.3) is 0 Å². The molecule has 1 fully saturated rings. The van der Waals surface area contributed by atoms with Crippen LogP contribution in [-0.2, 0) is 32.6 Å². The molecule has 1 saturated carbocycles. The molecule has 1 aliphatic carbocycles. The smallest absolute Gasteiger partial charge is 0.244 e. The van der Waals surface area contributed by atoms with E-state index in [4.69, 9.17) is 27.9 Å². The molecule has 0 unspecified atom stereocenters. The highest BCUT2D eigenvalue weighted by atomic mass is 35.5. The van der Waals surface area contributed by atoms with Crippen molar-refractivity contribution in [1.29, 1.82) is 0 Å².